The Morgan fingerprint density at radius 1 is 1.20 bits per heavy atom. The van der Waals surface area contributed by atoms with Gasteiger partial charge in [0.25, 0.3) is 0 Å². The Morgan fingerprint density at radius 3 is 2.72 bits per heavy atom. The van der Waals surface area contributed by atoms with E-state index in [1.807, 2.05) is 29.6 Å². The lowest BCUT2D eigenvalue weighted by Gasteiger charge is -2.07. The minimum Gasteiger partial charge on any atom is -0.495 e. The van der Waals surface area contributed by atoms with E-state index >= 15 is 0 Å². The van der Waals surface area contributed by atoms with Crippen molar-refractivity contribution in [3.63, 3.8) is 0 Å². The third-order valence-electron chi connectivity index (χ3n) is 3.43. The number of carbonyl (C=O) groups is 1. The number of thiazole rings is 1. The van der Waals surface area contributed by atoms with Gasteiger partial charge >= 0.3 is 0 Å². The van der Waals surface area contributed by atoms with Crippen LogP contribution in [0.5, 0.6) is 5.75 Å². The van der Waals surface area contributed by atoms with Crippen LogP contribution in [0.3, 0.4) is 0 Å². The molecule has 7 heteroatoms. The van der Waals surface area contributed by atoms with Gasteiger partial charge in [-0.25, -0.2) is 4.98 Å². The normalized spacial score (nSPS) is 10.5. The first kappa shape index (κ1) is 17.7. The second-order valence-corrected chi connectivity index (χ2v) is 6.87. The van der Waals surface area contributed by atoms with Crippen molar-refractivity contribution in [3.8, 4) is 16.3 Å². The van der Waals surface area contributed by atoms with E-state index in [-0.39, 0.29) is 12.3 Å². The number of methoxy groups -OCH3 is 1. The monoisotopic (exact) mass is 392 g/mol. The summed E-state index contributed by atoms with van der Waals surface area (Å²) < 4.78 is 5.09. The van der Waals surface area contributed by atoms with Gasteiger partial charge < -0.3 is 10.1 Å². The smallest absolute Gasteiger partial charge is 0.230 e. The first-order valence-corrected chi connectivity index (χ1v) is 9.03. The largest absolute Gasteiger partial charge is 0.495 e. The van der Waals surface area contributed by atoms with Crippen molar-refractivity contribution in [2.75, 3.05) is 12.4 Å². The van der Waals surface area contributed by atoms with Gasteiger partial charge in [0.2, 0.25) is 5.91 Å². The number of benzene rings is 2. The van der Waals surface area contributed by atoms with Crippen LogP contribution in [-0.2, 0) is 11.2 Å². The summed E-state index contributed by atoms with van der Waals surface area (Å²) in [6.07, 6.45) is 0.171. The molecule has 0 radical (unpaired) electrons. The van der Waals surface area contributed by atoms with Gasteiger partial charge in [-0.15, -0.1) is 11.3 Å². The van der Waals surface area contributed by atoms with Gasteiger partial charge in [-0.05, 0) is 24.3 Å². The standard InChI is InChI=1S/C18H14Cl2N2O2S/c1-24-16-7-6-11(8-15(16)20)21-17(23)9-12-10-25-18(22-12)13-4-2-3-5-14(13)19/h2-8,10H,9H2,1H3,(H,21,23). The van der Waals surface area contributed by atoms with Crippen LogP contribution in [-0.4, -0.2) is 18.0 Å². The van der Waals surface area contributed by atoms with Gasteiger partial charge in [0.05, 0.1) is 29.3 Å². The number of hydrogen-bond donors (Lipinski definition) is 1. The molecule has 3 aromatic rings. The molecule has 0 saturated heterocycles. The number of halogens is 2. The fraction of sp³-hybridized carbons (Fsp3) is 0.111. The van der Waals surface area contributed by atoms with Crippen LogP contribution >= 0.6 is 34.5 Å². The summed E-state index contributed by atoms with van der Waals surface area (Å²) in [5.74, 6) is 0.390. The van der Waals surface area contributed by atoms with Crippen LogP contribution in [0.15, 0.2) is 47.8 Å². The molecule has 0 aliphatic heterocycles. The first-order valence-electron chi connectivity index (χ1n) is 7.39. The zero-order valence-corrected chi connectivity index (χ0v) is 15.6. The molecule has 0 bridgehead atoms. The maximum absolute atomic E-state index is 12.2. The number of hydrogen-bond acceptors (Lipinski definition) is 4. The number of rotatable bonds is 5. The van der Waals surface area contributed by atoms with Gasteiger partial charge in [-0.2, -0.15) is 0 Å². The molecule has 0 fully saturated rings. The van der Waals surface area contributed by atoms with Crippen molar-refractivity contribution in [2.24, 2.45) is 0 Å². The quantitative estimate of drug-likeness (QED) is 0.640. The molecule has 1 amide bonds. The van der Waals surface area contributed by atoms with Crippen molar-refractivity contribution >= 4 is 46.1 Å². The van der Waals surface area contributed by atoms with Crippen LogP contribution in [0.1, 0.15) is 5.69 Å². The lowest BCUT2D eigenvalue weighted by atomic mass is 10.2. The molecular weight excluding hydrogens is 379 g/mol. The summed E-state index contributed by atoms with van der Waals surface area (Å²) in [5.41, 5.74) is 2.16. The fourth-order valence-corrected chi connectivity index (χ4v) is 3.66. The van der Waals surface area contributed by atoms with E-state index in [0.717, 1.165) is 10.6 Å². The Morgan fingerprint density at radius 2 is 2.00 bits per heavy atom. The fourth-order valence-electron chi connectivity index (χ4n) is 2.26. The van der Waals surface area contributed by atoms with Crippen molar-refractivity contribution in [2.45, 2.75) is 6.42 Å². The van der Waals surface area contributed by atoms with Crippen LogP contribution < -0.4 is 10.1 Å². The summed E-state index contributed by atoms with van der Waals surface area (Å²) in [6, 6.07) is 12.6. The average molecular weight is 393 g/mol. The Hall–Kier alpha value is -2.08. The van der Waals surface area contributed by atoms with Crippen LogP contribution in [0.2, 0.25) is 10.0 Å². The molecule has 4 nitrogen and oxygen atoms in total. The lowest BCUT2D eigenvalue weighted by molar-refractivity contribution is -0.115. The van der Waals surface area contributed by atoms with Gasteiger partial charge in [-0.3, -0.25) is 4.79 Å². The highest BCUT2D eigenvalue weighted by molar-refractivity contribution is 7.13. The van der Waals surface area contributed by atoms with E-state index in [2.05, 4.69) is 10.3 Å². The lowest BCUT2D eigenvalue weighted by Crippen LogP contribution is -2.14. The maximum atomic E-state index is 12.2. The summed E-state index contributed by atoms with van der Waals surface area (Å²) in [4.78, 5) is 16.7. The molecule has 0 unspecified atom stereocenters. The molecule has 0 saturated carbocycles. The van der Waals surface area contributed by atoms with Gasteiger partial charge in [0.1, 0.15) is 10.8 Å². The highest BCUT2D eigenvalue weighted by Crippen LogP contribution is 2.30. The van der Waals surface area contributed by atoms with Crippen LogP contribution in [0.4, 0.5) is 5.69 Å². The molecule has 128 valence electrons. The zero-order valence-electron chi connectivity index (χ0n) is 13.3. The number of anilines is 1. The van der Waals surface area contributed by atoms with E-state index in [1.54, 1.807) is 18.2 Å². The highest BCUT2D eigenvalue weighted by atomic mass is 35.5. The Kier molecular flexibility index (Phi) is 5.58. The van der Waals surface area contributed by atoms with Crippen molar-refractivity contribution in [3.05, 3.63) is 63.6 Å². The highest BCUT2D eigenvalue weighted by Gasteiger charge is 2.12. The number of nitrogens with zero attached hydrogens (tertiary/aromatic N) is 1. The zero-order chi connectivity index (χ0) is 17.8. The molecule has 1 N–H and O–H groups in total. The van der Waals surface area contributed by atoms with Crippen molar-refractivity contribution in [1.29, 1.82) is 0 Å². The number of nitrogens with one attached hydrogen (secondary N) is 1. The summed E-state index contributed by atoms with van der Waals surface area (Å²) in [7, 11) is 1.54. The number of carbonyl (C=O) groups excluding carboxylic acids is 1. The van der Waals surface area contributed by atoms with E-state index in [4.69, 9.17) is 27.9 Å². The SMILES string of the molecule is COc1ccc(NC(=O)Cc2csc(-c3ccccc3Cl)n2)cc1Cl. The van der Waals surface area contributed by atoms with Crippen molar-refractivity contribution < 1.29 is 9.53 Å². The molecule has 1 heterocycles. The van der Waals surface area contributed by atoms with E-state index < -0.39 is 0 Å². The van der Waals surface area contributed by atoms with Gasteiger partial charge in [0, 0.05) is 16.6 Å². The number of ether oxygens (including phenoxy) is 1. The molecule has 0 spiro atoms. The van der Waals surface area contributed by atoms with Gasteiger partial charge in [-0.1, -0.05) is 41.4 Å². The molecule has 0 aliphatic carbocycles. The number of aromatic nitrogens is 1. The molecule has 0 atom stereocenters. The number of amides is 1. The van der Waals surface area contributed by atoms with Crippen LogP contribution in [0, 0.1) is 0 Å². The maximum Gasteiger partial charge on any atom is 0.230 e. The molecule has 0 aliphatic rings. The molecule has 2 aromatic carbocycles. The summed E-state index contributed by atoms with van der Waals surface area (Å²) in [5, 5.41) is 6.53. The second-order valence-electron chi connectivity index (χ2n) is 5.20. The Labute approximate surface area is 159 Å². The summed E-state index contributed by atoms with van der Waals surface area (Å²) in [6.45, 7) is 0. The average Bonchev–Trinajstić information content (AvgIpc) is 3.03. The first-order chi connectivity index (χ1) is 12.1. The van der Waals surface area contributed by atoms with Gasteiger partial charge in [0.15, 0.2) is 0 Å². The second kappa shape index (κ2) is 7.87. The third-order valence-corrected chi connectivity index (χ3v) is 4.98. The molecule has 3 rings (SSSR count). The summed E-state index contributed by atoms with van der Waals surface area (Å²) >= 11 is 13.7. The van der Waals surface area contributed by atoms with Crippen LogP contribution in [0.25, 0.3) is 10.6 Å². The molecular formula is C18H14Cl2N2O2S. The minimum absolute atomic E-state index is 0.169. The third kappa shape index (κ3) is 4.31. The Bertz CT molecular complexity index is 912. The van der Waals surface area contributed by atoms with E-state index in [0.29, 0.717) is 27.2 Å². The predicted molar refractivity (Wildman–Crippen MR) is 103 cm³/mol. The molecule has 1 aromatic heterocycles. The predicted octanol–water partition coefficient (Wildman–Crippen LogP) is 5.31. The topological polar surface area (TPSA) is 51.2 Å². The van der Waals surface area contributed by atoms with E-state index in [1.165, 1.54) is 18.4 Å². The minimum atomic E-state index is -0.169. The molecule has 25 heavy (non-hydrogen) atoms. The van der Waals surface area contributed by atoms with E-state index in [9.17, 15) is 4.79 Å². The van der Waals surface area contributed by atoms with Crippen molar-refractivity contribution in [1.82, 2.24) is 4.98 Å². The Balaban J connectivity index is 1.68.